The van der Waals surface area contributed by atoms with Crippen LogP contribution < -0.4 is 10.6 Å². The highest BCUT2D eigenvalue weighted by Crippen LogP contribution is 2.14. The van der Waals surface area contributed by atoms with Gasteiger partial charge in [-0.05, 0) is 46.8 Å². The fourth-order valence-corrected chi connectivity index (χ4v) is 4.00. The Kier molecular flexibility index (Phi) is 8.84. The lowest BCUT2D eigenvalue weighted by atomic mass is 10.3. The summed E-state index contributed by atoms with van der Waals surface area (Å²) >= 11 is 2.58. The zero-order valence-electron chi connectivity index (χ0n) is 17.3. The molecule has 8 nitrogen and oxygen atoms in total. The minimum absolute atomic E-state index is 0.127. The quantitative estimate of drug-likeness (QED) is 0.456. The number of amides is 2. The van der Waals surface area contributed by atoms with Gasteiger partial charge in [-0.3, -0.25) is 9.59 Å². The van der Waals surface area contributed by atoms with Gasteiger partial charge in [0.15, 0.2) is 10.3 Å². The van der Waals surface area contributed by atoms with Crippen molar-refractivity contribution in [2.75, 3.05) is 18.1 Å². The van der Waals surface area contributed by atoms with Gasteiger partial charge in [-0.2, -0.15) is 0 Å². The summed E-state index contributed by atoms with van der Waals surface area (Å²) in [6.07, 6.45) is 0. The molecule has 2 rings (SSSR count). The molecule has 10 heteroatoms. The van der Waals surface area contributed by atoms with E-state index >= 15 is 0 Å². The molecule has 1 atom stereocenters. The van der Waals surface area contributed by atoms with Gasteiger partial charge in [0.1, 0.15) is 0 Å². The maximum atomic E-state index is 12.1. The number of nitrogens with zero attached hydrogens (tertiary/aromatic N) is 4. The van der Waals surface area contributed by atoms with Gasteiger partial charge in [-0.1, -0.05) is 23.5 Å². The smallest absolute Gasteiger partial charge is 0.230 e. The number of hydrogen-bond donors (Lipinski definition) is 2. The van der Waals surface area contributed by atoms with Gasteiger partial charge in [0, 0.05) is 35.4 Å². The lowest BCUT2D eigenvalue weighted by molar-refractivity contribution is -0.121. The summed E-state index contributed by atoms with van der Waals surface area (Å²) in [5, 5.41) is 6.85. The number of aromatic nitrogens is 4. The van der Waals surface area contributed by atoms with Crippen LogP contribution in [0.15, 0.2) is 22.4 Å². The maximum Gasteiger partial charge on any atom is 0.230 e. The number of rotatable bonds is 9. The van der Waals surface area contributed by atoms with Crippen LogP contribution in [0.25, 0.3) is 0 Å². The Bertz CT molecular complexity index is 837. The third-order valence-corrected chi connectivity index (χ3v) is 5.30. The van der Waals surface area contributed by atoms with Crippen molar-refractivity contribution in [2.24, 2.45) is 0 Å². The van der Waals surface area contributed by atoms with Crippen LogP contribution in [-0.4, -0.2) is 55.8 Å². The first kappa shape index (κ1) is 23.1. The van der Waals surface area contributed by atoms with Crippen LogP contribution in [0.2, 0.25) is 0 Å². The molecule has 0 bridgehead atoms. The summed E-state index contributed by atoms with van der Waals surface area (Å²) in [5.74, 6) is 0.194. The Morgan fingerprint density at radius 3 is 1.69 bits per heavy atom. The van der Waals surface area contributed by atoms with Gasteiger partial charge < -0.3 is 10.6 Å². The average molecular weight is 435 g/mol. The predicted molar refractivity (Wildman–Crippen MR) is 115 cm³/mol. The summed E-state index contributed by atoms with van der Waals surface area (Å²) in [5.41, 5.74) is 3.50. The van der Waals surface area contributed by atoms with Gasteiger partial charge in [0.2, 0.25) is 11.8 Å². The van der Waals surface area contributed by atoms with E-state index in [-0.39, 0.29) is 29.4 Å². The van der Waals surface area contributed by atoms with Crippen molar-refractivity contribution in [2.45, 2.75) is 51.0 Å². The fraction of sp³-hybridized carbons (Fsp3) is 0.474. The van der Waals surface area contributed by atoms with Crippen molar-refractivity contribution in [1.82, 2.24) is 30.6 Å². The normalized spacial score (nSPS) is 11.8. The van der Waals surface area contributed by atoms with E-state index in [1.54, 1.807) is 0 Å². The zero-order valence-corrected chi connectivity index (χ0v) is 18.9. The average Bonchev–Trinajstić information content (AvgIpc) is 2.61. The minimum Gasteiger partial charge on any atom is -0.353 e. The molecule has 0 aliphatic heterocycles. The highest BCUT2D eigenvalue weighted by atomic mass is 32.2. The van der Waals surface area contributed by atoms with Gasteiger partial charge in [-0.25, -0.2) is 19.9 Å². The molecule has 2 amide bonds. The third-order valence-electron chi connectivity index (χ3n) is 3.60. The molecular formula is C19H26N6O2S2. The Morgan fingerprint density at radius 1 is 0.828 bits per heavy atom. The van der Waals surface area contributed by atoms with Gasteiger partial charge in [-0.15, -0.1) is 0 Å². The van der Waals surface area contributed by atoms with Crippen LogP contribution in [0, 0.1) is 27.7 Å². The Hall–Kier alpha value is -2.20. The third kappa shape index (κ3) is 8.78. The number of carbonyl (C=O) groups excluding carboxylic acids is 2. The highest BCUT2D eigenvalue weighted by molar-refractivity contribution is 8.00. The van der Waals surface area contributed by atoms with Crippen molar-refractivity contribution in [3.8, 4) is 0 Å². The number of thioether (sulfide) groups is 2. The van der Waals surface area contributed by atoms with E-state index < -0.39 is 0 Å². The summed E-state index contributed by atoms with van der Waals surface area (Å²) < 4.78 is 0. The molecule has 0 unspecified atom stereocenters. The number of carbonyl (C=O) groups is 2. The first-order chi connectivity index (χ1) is 13.7. The monoisotopic (exact) mass is 434 g/mol. The van der Waals surface area contributed by atoms with E-state index in [1.807, 2.05) is 46.8 Å². The van der Waals surface area contributed by atoms with Crippen molar-refractivity contribution in [3.05, 3.63) is 34.9 Å². The Balaban J connectivity index is 1.68. The van der Waals surface area contributed by atoms with Crippen LogP contribution in [0.1, 0.15) is 29.7 Å². The topological polar surface area (TPSA) is 110 Å². The summed E-state index contributed by atoms with van der Waals surface area (Å²) in [6, 6.07) is 3.59. The van der Waals surface area contributed by atoms with Crippen LogP contribution in [0.3, 0.4) is 0 Å². The lowest BCUT2D eigenvalue weighted by Gasteiger charge is -2.14. The van der Waals surface area contributed by atoms with Crippen LogP contribution in [0.5, 0.6) is 0 Å². The summed E-state index contributed by atoms with van der Waals surface area (Å²) in [7, 11) is 0. The van der Waals surface area contributed by atoms with E-state index in [1.165, 1.54) is 23.5 Å². The molecule has 2 aromatic rings. The molecule has 156 valence electrons. The van der Waals surface area contributed by atoms with E-state index in [4.69, 9.17) is 0 Å². The standard InChI is InChI=1S/C19H26N6O2S2/c1-11-6-12(2)23-18(22-11)28-9-16(26)20-8-15(5)21-17(27)10-29-19-24-13(3)7-14(4)25-19/h6-7,15H,8-10H2,1-5H3,(H,20,26)(H,21,27)/t15-/m0/s1. The van der Waals surface area contributed by atoms with E-state index in [2.05, 4.69) is 30.6 Å². The Morgan fingerprint density at radius 2 is 1.24 bits per heavy atom. The van der Waals surface area contributed by atoms with Gasteiger partial charge in [0.05, 0.1) is 11.5 Å². The zero-order chi connectivity index (χ0) is 21.4. The molecular weight excluding hydrogens is 408 g/mol. The number of hydrogen-bond acceptors (Lipinski definition) is 8. The van der Waals surface area contributed by atoms with E-state index in [9.17, 15) is 9.59 Å². The molecule has 0 aliphatic rings. The molecule has 29 heavy (non-hydrogen) atoms. The molecule has 0 spiro atoms. The largest absolute Gasteiger partial charge is 0.353 e. The molecule has 0 aromatic carbocycles. The van der Waals surface area contributed by atoms with Crippen LogP contribution in [-0.2, 0) is 9.59 Å². The predicted octanol–water partition coefficient (Wildman–Crippen LogP) is 2.01. The SMILES string of the molecule is Cc1cc(C)nc(SCC(=O)NC[C@H](C)NC(=O)CSc2nc(C)cc(C)n2)n1. The van der Waals surface area contributed by atoms with Crippen LogP contribution >= 0.6 is 23.5 Å². The molecule has 0 aliphatic carbocycles. The molecule has 2 N–H and O–H groups in total. The van der Waals surface area contributed by atoms with Gasteiger partial charge >= 0.3 is 0 Å². The molecule has 2 heterocycles. The lowest BCUT2D eigenvalue weighted by Crippen LogP contribution is -2.42. The molecule has 0 saturated heterocycles. The minimum atomic E-state index is -0.185. The highest BCUT2D eigenvalue weighted by Gasteiger charge is 2.12. The Labute approximate surface area is 179 Å². The molecule has 0 radical (unpaired) electrons. The van der Waals surface area contributed by atoms with Crippen molar-refractivity contribution < 1.29 is 9.59 Å². The van der Waals surface area contributed by atoms with E-state index in [0.717, 1.165) is 22.8 Å². The second kappa shape index (κ2) is 11.1. The van der Waals surface area contributed by atoms with E-state index in [0.29, 0.717) is 16.9 Å². The molecule has 0 fully saturated rings. The first-order valence-electron chi connectivity index (χ1n) is 9.17. The summed E-state index contributed by atoms with van der Waals surface area (Å²) in [4.78, 5) is 41.3. The maximum absolute atomic E-state index is 12.1. The summed E-state index contributed by atoms with van der Waals surface area (Å²) in [6.45, 7) is 9.78. The first-order valence-corrected chi connectivity index (χ1v) is 11.1. The second-order valence-corrected chi connectivity index (χ2v) is 8.60. The molecule has 0 saturated carbocycles. The van der Waals surface area contributed by atoms with Crippen molar-refractivity contribution >= 4 is 35.3 Å². The number of nitrogens with one attached hydrogen (secondary N) is 2. The van der Waals surface area contributed by atoms with Crippen LogP contribution in [0.4, 0.5) is 0 Å². The van der Waals surface area contributed by atoms with Crippen molar-refractivity contribution in [1.29, 1.82) is 0 Å². The fourth-order valence-electron chi connectivity index (χ4n) is 2.46. The molecule has 2 aromatic heterocycles. The number of aryl methyl sites for hydroxylation is 4. The second-order valence-electron chi connectivity index (χ2n) is 6.72. The van der Waals surface area contributed by atoms with Gasteiger partial charge in [0.25, 0.3) is 0 Å². The van der Waals surface area contributed by atoms with Crippen molar-refractivity contribution in [3.63, 3.8) is 0 Å².